The van der Waals surface area contributed by atoms with Crippen molar-refractivity contribution in [2.45, 2.75) is 102 Å². The lowest BCUT2D eigenvalue weighted by Crippen LogP contribution is -2.69. The van der Waals surface area contributed by atoms with Crippen LogP contribution < -0.4 is 31.1 Å². The Morgan fingerprint density at radius 3 is 2.27 bits per heavy atom. The predicted octanol–water partition coefficient (Wildman–Crippen LogP) is 8.07. The normalized spacial score (nSPS) is 26.1. The lowest BCUT2D eigenvalue weighted by molar-refractivity contribution is -0.210. The Hall–Kier alpha value is -9.32. The van der Waals surface area contributed by atoms with Gasteiger partial charge in [-0.2, -0.15) is 0 Å². The fourth-order valence-electron chi connectivity index (χ4n) is 15.3. The van der Waals surface area contributed by atoms with Crippen LogP contribution in [0.5, 0.6) is 0 Å². The number of benzene rings is 5. The molecule has 10 atom stereocenters. The first-order chi connectivity index (χ1) is 43.1. The highest BCUT2D eigenvalue weighted by atomic mass is 19.1. The molecule has 11 rings (SSSR count). The number of Topliss-reactive ketones (excluding diaryl/α,β-unsaturated/α-hetero) is 1. The number of halogens is 2. The molecule has 90 heavy (non-hydrogen) atoms. The fraction of sp³-hybridized carbons (Fsp3) is 0.371. The first kappa shape index (κ1) is 62.3. The number of allylic oxidation sites excluding steroid dienone is 4. The molecule has 0 unspecified atom stereocenters. The number of aliphatic hydroxyl groups excluding tert-OH is 2. The highest BCUT2D eigenvalue weighted by Crippen LogP contribution is 2.74. The van der Waals surface area contributed by atoms with E-state index >= 15 is 8.78 Å². The van der Waals surface area contributed by atoms with Gasteiger partial charge in [0.15, 0.2) is 17.2 Å². The largest absolute Gasteiger partial charge is 0.481 e. The number of hydrogen-bond acceptors (Lipinski definition) is 12. The monoisotopic (exact) mass is 1220 g/mol. The number of rotatable bonds is 19. The number of carboxylic acids is 1. The summed E-state index contributed by atoms with van der Waals surface area (Å²) in [6.45, 7) is 2.99. The number of fused-ring (bicyclic) bond motifs is 9. The lowest BCUT2D eigenvalue weighted by Gasteiger charge is -2.63. The number of hydrogen-bond donors (Lipinski definition) is 7. The summed E-state index contributed by atoms with van der Waals surface area (Å²) in [6.07, 6.45) is -0.530. The third-order valence-corrected chi connectivity index (χ3v) is 19.8. The molecule has 0 bridgehead atoms. The average molecular weight is 1230 g/mol. The van der Waals surface area contributed by atoms with Crippen LogP contribution in [0.15, 0.2) is 145 Å². The molecule has 5 amide bonds. The van der Waals surface area contributed by atoms with Crippen molar-refractivity contribution in [3.05, 3.63) is 179 Å². The van der Waals surface area contributed by atoms with E-state index in [1.807, 2.05) is 79.7 Å². The zero-order valence-electron chi connectivity index (χ0n) is 49.8. The van der Waals surface area contributed by atoms with Crippen molar-refractivity contribution < 1.29 is 67.2 Å². The van der Waals surface area contributed by atoms with E-state index in [2.05, 4.69) is 38.0 Å². The van der Waals surface area contributed by atoms with Crippen molar-refractivity contribution >= 4 is 70.0 Å². The molecule has 5 aromatic rings. The minimum atomic E-state index is -2.27. The van der Waals surface area contributed by atoms with Gasteiger partial charge in [-0.3, -0.25) is 38.9 Å². The van der Waals surface area contributed by atoms with Crippen molar-refractivity contribution in [1.29, 1.82) is 0 Å². The zero-order chi connectivity index (χ0) is 63.7. The molecular weight excluding hydrogens is 1150 g/mol. The summed E-state index contributed by atoms with van der Waals surface area (Å²) in [4.78, 5) is 108. The highest BCUT2D eigenvalue weighted by molar-refractivity contribution is 6.02. The Labute approximate surface area is 519 Å². The number of carbonyl (C=O) groups is 8. The summed E-state index contributed by atoms with van der Waals surface area (Å²) in [6, 6.07) is 34.9. The number of nitrogens with zero attached hydrogens (tertiary/aromatic N) is 2. The van der Waals surface area contributed by atoms with E-state index in [1.54, 1.807) is 60.4 Å². The van der Waals surface area contributed by atoms with E-state index in [-0.39, 0.29) is 75.0 Å². The fourth-order valence-corrected chi connectivity index (χ4v) is 15.3. The molecule has 0 aromatic heterocycles. The van der Waals surface area contributed by atoms with E-state index < -0.39 is 107 Å². The molecule has 5 aromatic carbocycles. The van der Waals surface area contributed by atoms with Gasteiger partial charge in [0.25, 0.3) is 0 Å². The van der Waals surface area contributed by atoms with Crippen LogP contribution >= 0.6 is 0 Å². The maximum atomic E-state index is 17.9. The third kappa shape index (κ3) is 11.9. The smallest absolute Gasteiger partial charge is 0.411 e. The maximum absolute atomic E-state index is 17.9. The van der Waals surface area contributed by atoms with Crippen LogP contribution in [-0.4, -0.2) is 113 Å². The van der Waals surface area contributed by atoms with Gasteiger partial charge in [-0.15, -0.1) is 0 Å². The summed E-state index contributed by atoms with van der Waals surface area (Å²) in [5.41, 5.74) is 1.10. The predicted molar refractivity (Wildman–Crippen MR) is 330 cm³/mol. The summed E-state index contributed by atoms with van der Waals surface area (Å²) < 4.78 is 39.5. The molecule has 18 nitrogen and oxygen atoms in total. The van der Waals surface area contributed by atoms with Crippen molar-refractivity contribution in [2.75, 3.05) is 46.7 Å². The second-order valence-corrected chi connectivity index (χ2v) is 24.9. The standard InChI is InChI=1S/C70H70F2N6O12/c1-67-29-28-52(80)33-55(67)56(71)34-54-53-32-48-38-77(41-69(48,60(82)39-79)68(53,2)35-59(81)70(54,67)72)51-22-16-42(17-23-51)30-44-8-7-12-50(31-44)75-66(89)90-40-43-14-20-49(21-15-43)74-65(88)57(24-27-64(86)87)76-62(84)36-73-61(83)25-26-63(85)78-37-47-11-4-3-9-45(47)18-19-46-10-5-6-13-58(46)78/h3-17,20-23,28-29,31,33,48,53-54,56-57,59,79,81H,24-27,30,32,34-41H2,1-2H3,(H,73,83)(H,74,88)(H,75,89)(H,76,84)(H,86,87)/t48-,53-,54-,56-,57-,59-,67-,68-,69+,70-/m0/s1. The van der Waals surface area contributed by atoms with E-state index in [4.69, 9.17) is 4.74 Å². The van der Waals surface area contributed by atoms with Gasteiger partial charge in [-0.05, 0) is 151 Å². The van der Waals surface area contributed by atoms with Gasteiger partial charge in [-0.25, -0.2) is 13.6 Å². The molecule has 0 radical (unpaired) electrons. The molecule has 466 valence electrons. The van der Waals surface area contributed by atoms with Gasteiger partial charge < -0.3 is 45.8 Å². The Balaban J connectivity index is 0.639. The van der Waals surface area contributed by atoms with E-state index in [9.17, 15) is 53.7 Å². The number of carbonyl (C=O) groups excluding carboxylic acids is 7. The Kier molecular flexibility index (Phi) is 17.5. The number of amides is 5. The van der Waals surface area contributed by atoms with Gasteiger partial charge in [0.2, 0.25) is 23.6 Å². The lowest BCUT2D eigenvalue weighted by atomic mass is 9.43. The molecule has 4 aliphatic carbocycles. The molecule has 7 N–H and O–H groups in total. The van der Waals surface area contributed by atoms with Gasteiger partial charge in [0.1, 0.15) is 25.4 Å². The minimum Gasteiger partial charge on any atom is -0.481 e. The summed E-state index contributed by atoms with van der Waals surface area (Å²) in [5.74, 6) is 0.241. The van der Waals surface area contributed by atoms with Crippen molar-refractivity contribution in [1.82, 2.24) is 10.6 Å². The third-order valence-electron chi connectivity index (χ3n) is 19.8. The molecular formula is C70H70F2N6O12. The number of aliphatic carboxylic acids is 1. The Morgan fingerprint density at radius 2 is 1.51 bits per heavy atom. The second kappa shape index (κ2) is 25.3. The molecule has 1 saturated heterocycles. The number of ketones is 2. The van der Waals surface area contributed by atoms with Crippen LogP contribution in [0.2, 0.25) is 0 Å². The number of aliphatic hydroxyl groups is 2. The molecule has 4 fully saturated rings. The van der Waals surface area contributed by atoms with E-state index in [0.29, 0.717) is 47.6 Å². The zero-order valence-corrected chi connectivity index (χ0v) is 49.8. The molecule has 0 spiro atoms. The van der Waals surface area contributed by atoms with Crippen molar-refractivity contribution in [3.8, 4) is 11.8 Å². The topological polar surface area (TPSA) is 261 Å². The van der Waals surface area contributed by atoms with Gasteiger partial charge in [-0.1, -0.05) is 91.6 Å². The van der Waals surface area contributed by atoms with Crippen LogP contribution in [0.1, 0.15) is 92.2 Å². The van der Waals surface area contributed by atoms with Gasteiger partial charge in [0, 0.05) is 71.9 Å². The van der Waals surface area contributed by atoms with Gasteiger partial charge >= 0.3 is 12.1 Å². The van der Waals surface area contributed by atoms with Crippen LogP contribution in [0, 0.1) is 45.8 Å². The summed E-state index contributed by atoms with van der Waals surface area (Å²) in [5, 5.41) is 42.2. The van der Waals surface area contributed by atoms with Crippen LogP contribution in [0.3, 0.4) is 0 Å². The van der Waals surface area contributed by atoms with Crippen LogP contribution in [0.25, 0.3) is 0 Å². The van der Waals surface area contributed by atoms with E-state index in [1.165, 1.54) is 18.2 Å². The van der Waals surface area contributed by atoms with Crippen molar-refractivity contribution in [3.63, 3.8) is 0 Å². The van der Waals surface area contributed by atoms with Crippen LogP contribution in [0.4, 0.5) is 36.3 Å². The Bertz CT molecular complexity index is 3830. The summed E-state index contributed by atoms with van der Waals surface area (Å²) >= 11 is 0. The Morgan fingerprint density at radius 1 is 0.789 bits per heavy atom. The number of para-hydroxylation sites is 1. The molecule has 2 aliphatic heterocycles. The number of ether oxygens (including phenoxy) is 1. The second-order valence-electron chi connectivity index (χ2n) is 24.9. The number of alkyl halides is 2. The molecule has 2 heterocycles. The van der Waals surface area contributed by atoms with Crippen LogP contribution in [-0.2, 0) is 57.9 Å². The molecule has 3 saturated carbocycles. The number of anilines is 4. The van der Waals surface area contributed by atoms with Gasteiger partial charge in [0.05, 0.1) is 30.3 Å². The summed E-state index contributed by atoms with van der Waals surface area (Å²) in [7, 11) is 0. The molecule has 6 aliphatic rings. The first-order valence-corrected chi connectivity index (χ1v) is 30.3. The SMILES string of the molecule is C[C@]12C=CC(=O)C=C1[C@@H](F)C[C@H]1[C@@H]3C[C@H]4CN(c5ccc(Cc6cccc(NC(=O)OCc7ccc(NC(=O)[C@H](CCC(=O)O)NC(=O)CNC(=O)CCC(=O)N8Cc9ccccc9C#Cc9ccccc98)cc7)c6)cc5)C[C@@]4(C(=O)CO)[C@@]3(C)C[C@H](O)[C@@]12F. The average Bonchev–Trinajstić information content (AvgIpc) is 1.37. The van der Waals surface area contributed by atoms with E-state index in [0.717, 1.165) is 27.9 Å². The first-order valence-electron chi connectivity index (χ1n) is 30.3. The number of carboxylic acid groups (broad SMARTS) is 1. The molecule has 20 heteroatoms. The maximum Gasteiger partial charge on any atom is 0.411 e. The number of nitrogens with one attached hydrogen (secondary N) is 4. The highest BCUT2D eigenvalue weighted by Gasteiger charge is 2.78. The van der Waals surface area contributed by atoms with Crippen molar-refractivity contribution in [2.24, 2.45) is 34.0 Å². The minimum absolute atomic E-state index is 0.0434. The quantitative estimate of drug-likeness (QED) is 0.0386.